The molecule has 0 radical (unpaired) electrons. The van der Waals surface area contributed by atoms with E-state index in [0.717, 1.165) is 30.4 Å². The van der Waals surface area contributed by atoms with Crippen molar-refractivity contribution in [1.29, 1.82) is 0 Å². The molecule has 0 aromatic heterocycles. The van der Waals surface area contributed by atoms with Crippen molar-refractivity contribution in [3.05, 3.63) is 22.8 Å². The zero-order valence-corrected chi connectivity index (χ0v) is 10.3. The monoisotopic (exact) mass is 250 g/mol. The number of hydrogen-bond acceptors (Lipinski definition) is 2. The molecule has 1 aromatic rings. The molecule has 2 nitrogen and oxygen atoms in total. The largest absolute Gasteiger partial charge is 2.00 e. The van der Waals surface area contributed by atoms with Crippen molar-refractivity contribution >= 4 is 0 Å². The first-order valence-electron chi connectivity index (χ1n) is 5.11. The van der Waals surface area contributed by atoms with Gasteiger partial charge in [-0.25, -0.2) is 0 Å². The number of aryl methyl sites for hydroxylation is 1. The molecular formula is C12H16NiO2. The Kier molecular flexibility index (Phi) is 5.74. The van der Waals surface area contributed by atoms with E-state index in [9.17, 15) is 10.2 Å². The van der Waals surface area contributed by atoms with Crippen molar-refractivity contribution in [3.8, 4) is 11.5 Å². The molecule has 86 valence electrons. The summed E-state index contributed by atoms with van der Waals surface area (Å²) in [5.41, 5.74) is 2.76. The maximum absolute atomic E-state index is 11.4. The van der Waals surface area contributed by atoms with Gasteiger partial charge >= 0.3 is 16.5 Å². The van der Waals surface area contributed by atoms with Gasteiger partial charge in [0.15, 0.2) is 0 Å². The fraction of sp³-hybridized carbons (Fsp3) is 0.500. The molecule has 0 spiro atoms. The van der Waals surface area contributed by atoms with Gasteiger partial charge in [0.25, 0.3) is 0 Å². The SMILES string of the molecule is CCCc1cc([O-])c([O-])c(C)c1CC.[Ni+2]. The van der Waals surface area contributed by atoms with E-state index in [2.05, 4.69) is 6.92 Å². The molecular weight excluding hydrogens is 235 g/mol. The summed E-state index contributed by atoms with van der Waals surface area (Å²) < 4.78 is 0. The molecule has 0 heterocycles. The average molecular weight is 251 g/mol. The van der Waals surface area contributed by atoms with Crippen LogP contribution in [0.3, 0.4) is 0 Å². The standard InChI is InChI=1S/C12H18O2.Ni/c1-4-6-9-7-11(13)12(14)8(3)10(9)5-2;/h7,13-14H,4-6H2,1-3H3;/q;+2/p-2. The number of rotatable bonds is 3. The predicted octanol–water partition coefficient (Wildman–Crippen LogP) is 1.65. The normalized spacial score (nSPS) is 9.80. The summed E-state index contributed by atoms with van der Waals surface area (Å²) in [6, 6.07) is 1.51. The van der Waals surface area contributed by atoms with E-state index in [1.54, 1.807) is 6.92 Å². The molecule has 0 N–H and O–H groups in total. The molecule has 0 saturated heterocycles. The van der Waals surface area contributed by atoms with Crippen LogP contribution in [0.25, 0.3) is 0 Å². The Hall–Kier alpha value is -0.686. The Bertz CT molecular complexity index is 335. The first-order valence-corrected chi connectivity index (χ1v) is 5.11. The smallest absolute Gasteiger partial charge is 0.873 e. The minimum Gasteiger partial charge on any atom is -0.873 e. The van der Waals surface area contributed by atoms with Crippen molar-refractivity contribution in [3.63, 3.8) is 0 Å². The first-order chi connectivity index (χ1) is 6.61. The zero-order chi connectivity index (χ0) is 10.7. The van der Waals surface area contributed by atoms with Gasteiger partial charge < -0.3 is 10.2 Å². The maximum atomic E-state index is 11.4. The van der Waals surface area contributed by atoms with E-state index in [1.165, 1.54) is 6.07 Å². The Morgan fingerprint density at radius 2 is 1.80 bits per heavy atom. The minimum atomic E-state index is -0.358. The molecule has 0 aliphatic carbocycles. The molecule has 1 aromatic carbocycles. The van der Waals surface area contributed by atoms with Crippen LogP contribution < -0.4 is 10.2 Å². The van der Waals surface area contributed by atoms with Crippen molar-refractivity contribution in [2.45, 2.75) is 40.0 Å². The molecule has 3 heteroatoms. The predicted molar refractivity (Wildman–Crippen MR) is 53.4 cm³/mol. The third-order valence-electron chi connectivity index (χ3n) is 2.58. The Labute approximate surface area is 101 Å². The topological polar surface area (TPSA) is 46.1 Å². The third kappa shape index (κ3) is 2.88. The molecule has 0 aliphatic rings. The molecule has 1 rings (SSSR count). The molecule has 0 fully saturated rings. The van der Waals surface area contributed by atoms with Gasteiger partial charge in [0.1, 0.15) is 0 Å². The van der Waals surface area contributed by atoms with E-state index < -0.39 is 0 Å². The summed E-state index contributed by atoms with van der Waals surface area (Å²) in [5, 5.41) is 22.7. The van der Waals surface area contributed by atoms with Crippen LogP contribution in [-0.4, -0.2) is 0 Å². The molecule has 15 heavy (non-hydrogen) atoms. The minimum absolute atomic E-state index is 0. The zero-order valence-electron chi connectivity index (χ0n) is 9.33. The van der Waals surface area contributed by atoms with Gasteiger partial charge in [-0.15, -0.1) is 11.5 Å². The quantitative estimate of drug-likeness (QED) is 0.766. The average Bonchev–Trinajstić information content (AvgIpc) is 2.16. The summed E-state index contributed by atoms with van der Waals surface area (Å²) in [6.45, 7) is 5.84. The van der Waals surface area contributed by atoms with Crippen molar-refractivity contribution in [2.24, 2.45) is 0 Å². The van der Waals surface area contributed by atoms with Crippen LogP contribution in [-0.2, 0) is 29.3 Å². The second-order valence-electron chi connectivity index (χ2n) is 3.57. The van der Waals surface area contributed by atoms with Crippen LogP contribution in [0.2, 0.25) is 0 Å². The Balaban J connectivity index is 0.00000196. The molecule has 0 saturated carbocycles. The van der Waals surface area contributed by atoms with Gasteiger partial charge in [-0.1, -0.05) is 31.9 Å². The fourth-order valence-corrected chi connectivity index (χ4v) is 1.86. The van der Waals surface area contributed by atoms with Gasteiger partial charge in [0, 0.05) is 0 Å². The van der Waals surface area contributed by atoms with E-state index in [-0.39, 0.29) is 28.0 Å². The summed E-state index contributed by atoms with van der Waals surface area (Å²) in [6.07, 6.45) is 2.72. The van der Waals surface area contributed by atoms with E-state index in [0.29, 0.717) is 5.56 Å². The molecule has 0 unspecified atom stereocenters. The number of hydrogen-bond donors (Lipinski definition) is 0. The first kappa shape index (κ1) is 14.3. The van der Waals surface area contributed by atoms with Gasteiger partial charge in [-0.3, -0.25) is 0 Å². The maximum Gasteiger partial charge on any atom is 2.00 e. The van der Waals surface area contributed by atoms with Crippen LogP contribution in [0.1, 0.15) is 37.0 Å². The molecule has 0 bridgehead atoms. The summed E-state index contributed by atoms with van der Waals surface area (Å²) >= 11 is 0. The van der Waals surface area contributed by atoms with Crippen LogP contribution in [0.15, 0.2) is 6.07 Å². The van der Waals surface area contributed by atoms with Crippen molar-refractivity contribution in [2.75, 3.05) is 0 Å². The van der Waals surface area contributed by atoms with Crippen LogP contribution in [0.5, 0.6) is 11.5 Å². The molecule has 0 amide bonds. The van der Waals surface area contributed by atoms with E-state index in [1.807, 2.05) is 6.92 Å². The van der Waals surface area contributed by atoms with Gasteiger partial charge in [-0.2, -0.15) is 0 Å². The Morgan fingerprint density at radius 1 is 1.20 bits per heavy atom. The van der Waals surface area contributed by atoms with Gasteiger partial charge in [-0.05, 0) is 30.9 Å². The second-order valence-corrected chi connectivity index (χ2v) is 3.57. The molecule has 0 aliphatic heterocycles. The summed E-state index contributed by atoms with van der Waals surface area (Å²) in [4.78, 5) is 0. The van der Waals surface area contributed by atoms with Gasteiger partial charge in [0.2, 0.25) is 0 Å². The molecule has 0 atom stereocenters. The Morgan fingerprint density at radius 3 is 2.27 bits per heavy atom. The number of benzene rings is 1. The van der Waals surface area contributed by atoms with E-state index >= 15 is 0 Å². The fourth-order valence-electron chi connectivity index (χ4n) is 1.86. The second kappa shape index (κ2) is 6.02. The van der Waals surface area contributed by atoms with Gasteiger partial charge in [0.05, 0.1) is 0 Å². The van der Waals surface area contributed by atoms with Crippen LogP contribution in [0.4, 0.5) is 0 Å². The van der Waals surface area contributed by atoms with Crippen LogP contribution in [0, 0.1) is 6.92 Å². The summed E-state index contributed by atoms with van der Waals surface area (Å²) in [5.74, 6) is -0.690. The van der Waals surface area contributed by atoms with Crippen LogP contribution >= 0.6 is 0 Å². The summed E-state index contributed by atoms with van der Waals surface area (Å²) in [7, 11) is 0. The van der Waals surface area contributed by atoms with Crippen molar-refractivity contribution < 1.29 is 26.7 Å². The van der Waals surface area contributed by atoms with E-state index in [4.69, 9.17) is 0 Å². The third-order valence-corrected chi connectivity index (χ3v) is 2.58. The van der Waals surface area contributed by atoms with Crippen molar-refractivity contribution in [1.82, 2.24) is 0 Å².